The molecule has 2 N–H and O–H groups in total. The van der Waals surface area contributed by atoms with Gasteiger partial charge in [0.15, 0.2) is 0 Å². The lowest BCUT2D eigenvalue weighted by Crippen LogP contribution is -2.33. The topological polar surface area (TPSA) is 38.5 Å². The fourth-order valence-corrected chi connectivity index (χ4v) is 2.31. The van der Waals surface area contributed by atoms with Crippen molar-refractivity contribution >= 4 is 23.8 Å². The van der Waals surface area contributed by atoms with Gasteiger partial charge in [0.05, 0.1) is 6.61 Å². The Morgan fingerprint density at radius 1 is 1.37 bits per heavy atom. The van der Waals surface area contributed by atoms with E-state index in [1.54, 1.807) is 0 Å². The maximum atomic E-state index is 11.9. The van der Waals surface area contributed by atoms with Crippen molar-refractivity contribution in [1.82, 2.24) is 0 Å². The van der Waals surface area contributed by atoms with Gasteiger partial charge in [-0.3, -0.25) is 0 Å². The molecular formula is C13H19ClF2N2O. The number of nitrogens with zero attached hydrogens (tertiary/aromatic N) is 1. The van der Waals surface area contributed by atoms with E-state index in [1.807, 2.05) is 18.2 Å². The summed E-state index contributed by atoms with van der Waals surface area (Å²) in [7, 11) is 0. The van der Waals surface area contributed by atoms with Gasteiger partial charge in [0, 0.05) is 24.5 Å². The minimum Gasteiger partial charge on any atom is -0.398 e. The Kier molecular flexibility index (Phi) is 6.31. The van der Waals surface area contributed by atoms with Crippen molar-refractivity contribution in [3.8, 4) is 0 Å². The van der Waals surface area contributed by atoms with Crippen molar-refractivity contribution in [2.24, 2.45) is 0 Å². The van der Waals surface area contributed by atoms with Crippen molar-refractivity contribution in [2.75, 3.05) is 36.9 Å². The molecule has 0 amide bonds. The van der Waals surface area contributed by atoms with E-state index in [-0.39, 0.29) is 12.4 Å². The molecule has 108 valence electrons. The number of fused-ring (bicyclic) bond motifs is 1. The molecule has 19 heavy (non-hydrogen) atoms. The van der Waals surface area contributed by atoms with Crippen LogP contribution >= 0.6 is 12.4 Å². The third kappa shape index (κ3) is 4.21. The highest BCUT2D eigenvalue weighted by molar-refractivity contribution is 5.85. The Balaban J connectivity index is 0.00000180. The maximum absolute atomic E-state index is 11.9. The van der Waals surface area contributed by atoms with E-state index < -0.39 is 13.0 Å². The van der Waals surface area contributed by atoms with Gasteiger partial charge in [-0.1, -0.05) is 6.07 Å². The predicted molar refractivity (Wildman–Crippen MR) is 75.5 cm³/mol. The highest BCUT2D eigenvalue weighted by atomic mass is 35.5. The molecule has 0 radical (unpaired) electrons. The summed E-state index contributed by atoms with van der Waals surface area (Å²) in [6.45, 7) is 1.38. The van der Waals surface area contributed by atoms with Crippen LogP contribution in [-0.4, -0.2) is 32.7 Å². The summed E-state index contributed by atoms with van der Waals surface area (Å²) >= 11 is 0. The first-order valence-electron chi connectivity index (χ1n) is 6.16. The standard InChI is InChI=1S/C13H18F2N2O.ClH/c14-13(15)9-18-8-7-17-6-2-3-10-11(16)4-1-5-12(10)17;/h1,4-5,13H,2-3,6-9,16H2;1H. The number of hydrogen-bond donors (Lipinski definition) is 1. The van der Waals surface area contributed by atoms with Crippen LogP contribution in [0.1, 0.15) is 12.0 Å². The van der Waals surface area contributed by atoms with Crippen molar-refractivity contribution in [3.05, 3.63) is 23.8 Å². The lowest BCUT2D eigenvalue weighted by molar-refractivity contribution is 0.0201. The minimum absolute atomic E-state index is 0. The van der Waals surface area contributed by atoms with Crippen molar-refractivity contribution in [3.63, 3.8) is 0 Å². The number of hydrogen-bond acceptors (Lipinski definition) is 3. The molecule has 0 saturated carbocycles. The Hall–Kier alpha value is -1.07. The lowest BCUT2D eigenvalue weighted by atomic mass is 10.00. The van der Waals surface area contributed by atoms with E-state index >= 15 is 0 Å². The second kappa shape index (κ2) is 7.50. The molecule has 3 nitrogen and oxygen atoms in total. The molecule has 1 aliphatic rings. The molecule has 6 heteroatoms. The Labute approximate surface area is 118 Å². The molecule has 1 aliphatic heterocycles. The Morgan fingerprint density at radius 3 is 2.89 bits per heavy atom. The molecule has 0 atom stereocenters. The van der Waals surface area contributed by atoms with Crippen LogP contribution < -0.4 is 10.6 Å². The van der Waals surface area contributed by atoms with Gasteiger partial charge in [0.25, 0.3) is 6.43 Å². The van der Waals surface area contributed by atoms with E-state index in [9.17, 15) is 8.78 Å². The van der Waals surface area contributed by atoms with E-state index in [1.165, 1.54) is 0 Å². The summed E-state index contributed by atoms with van der Waals surface area (Å²) in [6, 6.07) is 5.85. The summed E-state index contributed by atoms with van der Waals surface area (Å²) in [4.78, 5) is 2.15. The zero-order valence-electron chi connectivity index (χ0n) is 10.6. The van der Waals surface area contributed by atoms with Crippen LogP contribution in [-0.2, 0) is 11.2 Å². The van der Waals surface area contributed by atoms with E-state index in [2.05, 4.69) is 4.90 Å². The lowest BCUT2D eigenvalue weighted by Gasteiger charge is -2.31. The molecule has 0 spiro atoms. The van der Waals surface area contributed by atoms with Crippen molar-refractivity contribution in [2.45, 2.75) is 19.3 Å². The fourth-order valence-electron chi connectivity index (χ4n) is 2.31. The maximum Gasteiger partial charge on any atom is 0.261 e. The monoisotopic (exact) mass is 292 g/mol. The second-order valence-electron chi connectivity index (χ2n) is 4.40. The number of anilines is 2. The molecule has 1 heterocycles. The summed E-state index contributed by atoms with van der Waals surface area (Å²) in [5.74, 6) is 0. The van der Waals surface area contributed by atoms with Crippen LogP contribution in [0, 0.1) is 0 Å². The molecule has 1 aromatic carbocycles. The highest BCUT2D eigenvalue weighted by Gasteiger charge is 2.18. The van der Waals surface area contributed by atoms with Crippen LogP contribution in [0.4, 0.5) is 20.2 Å². The van der Waals surface area contributed by atoms with Gasteiger partial charge in [0.1, 0.15) is 6.61 Å². The van der Waals surface area contributed by atoms with E-state index in [0.717, 1.165) is 36.3 Å². The fraction of sp³-hybridized carbons (Fsp3) is 0.538. The first-order chi connectivity index (χ1) is 8.68. The molecule has 0 unspecified atom stereocenters. The zero-order valence-corrected chi connectivity index (χ0v) is 11.5. The van der Waals surface area contributed by atoms with Crippen molar-refractivity contribution < 1.29 is 13.5 Å². The number of nitrogens with two attached hydrogens (primary N) is 1. The molecule has 0 aromatic heterocycles. The largest absolute Gasteiger partial charge is 0.398 e. The first kappa shape index (κ1) is 16.0. The van der Waals surface area contributed by atoms with Crippen molar-refractivity contribution in [1.29, 1.82) is 0 Å². The zero-order chi connectivity index (χ0) is 13.0. The number of ether oxygens (including phenoxy) is 1. The van der Waals surface area contributed by atoms with Gasteiger partial charge >= 0.3 is 0 Å². The van der Waals surface area contributed by atoms with E-state index in [4.69, 9.17) is 10.5 Å². The van der Waals surface area contributed by atoms with Crippen LogP contribution in [0.25, 0.3) is 0 Å². The van der Waals surface area contributed by atoms with Crippen LogP contribution in [0.2, 0.25) is 0 Å². The number of alkyl halides is 2. The molecule has 1 aromatic rings. The average Bonchev–Trinajstić information content (AvgIpc) is 2.35. The molecular weight excluding hydrogens is 274 g/mol. The molecule has 0 saturated heterocycles. The molecule has 0 bridgehead atoms. The molecule has 0 fully saturated rings. The second-order valence-corrected chi connectivity index (χ2v) is 4.40. The third-order valence-electron chi connectivity index (χ3n) is 3.13. The number of nitrogen functional groups attached to an aromatic ring is 1. The van der Waals surface area contributed by atoms with Gasteiger partial charge < -0.3 is 15.4 Å². The summed E-state index contributed by atoms with van der Waals surface area (Å²) in [6.07, 6.45) is -0.374. The van der Waals surface area contributed by atoms with Crippen LogP contribution in [0.5, 0.6) is 0 Å². The summed E-state index contributed by atoms with van der Waals surface area (Å²) < 4.78 is 28.8. The number of benzene rings is 1. The van der Waals surface area contributed by atoms with Gasteiger partial charge in [-0.05, 0) is 30.5 Å². The Morgan fingerprint density at radius 2 is 2.16 bits per heavy atom. The highest BCUT2D eigenvalue weighted by Crippen LogP contribution is 2.30. The Bertz CT molecular complexity index is 404. The predicted octanol–water partition coefficient (Wildman–Crippen LogP) is 2.72. The van der Waals surface area contributed by atoms with Crippen LogP contribution in [0.15, 0.2) is 18.2 Å². The summed E-state index contributed by atoms with van der Waals surface area (Å²) in [5, 5.41) is 0. The summed E-state index contributed by atoms with van der Waals surface area (Å²) in [5.41, 5.74) is 9.03. The first-order valence-corrected chi connectivity index (χ1v) is 6.16. The molecule has 2 rings (SSSR count). The van der Waals surface area contributed by atoms with Gasteiger partial charge in [0.2, 0.25) is 0 Å². The normalized spacial score (nSPS) is 14.2. The average molecular weight is 293 g/mol. The van der Waals surface area contributed by atoms with E-state index in [0.29, 0.717) is 13.2 Å². The SMILES string of the molecule is Cl.Nc1cccc2c1CCCN2CCOCC(F)F. The number of halogens is 3. The van der Waals surface area contributed by atoms with Gasteiger partial charge in [-0.15, -0.1) is 12.4 Å². The van der Waals surface area contributed by atoms with Crippen LogP contribution in [0.3, 0.4) is 0 Å². The quantitative estimate of drug-likeness (QED) is 0.670. The van der Waals surface area contributed by atoms with Gasteiger partial charge in [-0.25, -0.2) is 8.78 Å². The number of rotatable bonds is 5. The van der Waals surface area contributed by atoms with Gasteiger partial charge in [-0.2, -0.15) is 0 Å². The third-order valence-corrected chi connectivity index (χ3v) is 3.13. The molecule has 0 aliphatic carbocycles. The smallest absolute Gasteiger partial charge is 0.261 e. The minimum atomic E-state index is -2.39.